The summed E-state index contributed by atoms with van der Waals surface area (Å²) in [6.07, 6.45) is 3.60. The van der Waals surface area contributed by atoms with Crippen molar-refractivity contribution in [2.24, 2.45) is 0 Å². The first kappa shape index (κ1) is 13.0. The van der Waals surface area contributed by atoms with Gasteiger partial charge in [-0.25, -0.2) is 4.98 Å². The van der Waals surface area contributed by atoms with Crippen molar-refractivity contribution in [3.05, 3.63) is 71.0 Å². The van der Waals surface area contributed by atoms with Gasteiger partial charge in [0.05, 0.1) is 15.7 Å². The number of rotatable bonds is 3. The number of imidazole rings is 1. The van der Waals surface area contributed by atoms with E-state index in [0.717, 1.165) is 17.3 Å². The highest BCUT2D eigenvalue weighted by Gasteiger charge is 2.07. The van der Waals surface area contributed by atoms with Gasteiger partial charge < -0.3 is 5.32 Å². The van der Waals surface area contributed by atoms with E-state index in [2.05, 4.69) is 10.3 Å². The molecule has 1 aromatic heterocycles. The quantitative estimate of drug-likeness (QED) is 0.744. The molecule has 3 aromatic rings. The fraction of sp³-hybridized carbons (Fsp3) is 0. The zero-order chi connectivity index (χ0) is 13.9. The predicted octanol–water partition coefficient (Wildman–Crippen LogP) is 4.92. The van der Waals surface area contributed by atoms with E-state index in [-0.39, 0.29) is 0 Å². The normalized spacial score (nSPS) is 10.5. The van der Waals surface area contributed by atoms with Crippen LogP contribution in [0.25, 0.3) is 5.69 Å². The first-order valence-electron chi connectivity index (χ1n) is 6.05. The lowest BCUT2D eigenvalue weighted by Crippen LogP contribution is -2.01. The number of hydrogen-bond acceptors (Lipinski definition) is 2. The summed E-state index contributed by atoms with van der Waals surface area (Å²) >= 11 is 12.0. The monoisotopic (exact) mass is 303 g/mol. The molecule has 100 valence electrons. The predicted molar refractivity (Wildman–Crippen MR) is 83.3 cm³/mol. The molecule has 0 spiro atoms. The van der Waals surface area contributed by atoms with Crippen molar-refractivity contribution in [2.75, 3.05) is 5.32 Å². The summed E-state index contributed by atoms with van der Waals surface area (Å²) in [4.78, 5) is 4.32. The third-order valence-electron chi connectivity index (χ3n) is 2.85. The Kier molecular flexibility index (Phi) is 3.63. The van der Waals surface area contributed by atoms with Gasteiger partial charge in [-0.15, -0.1) is 0 Å². The molecule has 20 heavy (non-hydrogen) atoms. The van der Waals surface area contributed by atoms with Crippen molar-refractivity contribution < 1.29 is 0 Å². The molecule has 1 N–H and O–H groups in total. The Morgan fingerprint density at radius 2 is 1.75 bits per heavy atom. The van der Waals surface area contributed by atoms with Crippen molar-refractivity contribution in [3.63, 3.8) is 0 Å². The fourth-order valence-electron chi connectivity index (χ4n) is 1.89. The molecule has 0 aliphatic carbocycles. The molecule has 0 aliphatic rings. The van der Waals surface area contributed by atoms with Gasteiger partial charge in [-0.1, -0.05) is 41.4 Å². The molecule has 3 rings (SSSR count). The number of aromatic nitrogens is 2. The van der Waals surface area contributed by atoms with E-state index >= 15 is 0 Å². The first-order chi connectivity index (χ1) is 9.74. The van der Waals surface area contributed by atoms with Crippen LogP contribution in [-0.2, 0) is 0 Å². The number of benzene rings is 2. The molecule has 0 saturated heterocycles. The van der Waals surface area contributed by atoms with E-state index in [1.54, 1.807) is 12.3 Å². The molecule has 2 aromatic carbocycles. The van der Waals surface area contributed by atoms with Crippen molar-refractivity contribution in [1.82, 2.24) is 9.55 Å². The fourth-order valence-corrected chi connectivity index (χ4v) is 2.18. The zero-order valence-corrected chi connectivity index (χ0v) is 11.9. The van der Waals surface area contributed by atoms with Crippen LogP contribution in [0.4, 0.5) is 11.6 Å². The molecule has 0 bridgehead atoms. The topological polar surface area (TPSA) is 29.9 Å². The molecule has 1 heterocycles. The maximum Gasteiger partial charge on any atom is 0.212 e. The second-order valence-electron chi connectivity index (χ2n) is 4.21. The van der Waals surface area contributed by atoms with Crippen LogP contribution in [0.3, 0.4) is 0 Å². The van der Waals surface area contributed by atoms with Crippen LogP contribution in [-0.4, -0.2) is 9.55 Å². The van der Waals surface area contributed by atoms with E-state index in [4.69, 9.17) is 23.2 Å². The Hall–Kier alpha value is -1.97. The Labute approximate surface area is 126 Å². The minimum atomic E-state index is 0.517. The van der Waals surface area contributed by atoms with Crippen LogP contribution >= 0.6 is 23.2 Å². The van der Waals surface area contributed by atoms with Crippen LogP contribution in [0.5, 0.6) is 0 Å². The number of para-hydroxylation sites is 1. The van der Waals surface area contributed by atoms with Crippen molar-refractivity contribution in [3.8, 4) is 5.69 Å². The first-order valence-corrected chi connectivity index (χ1v) is 6.80. The lowest BCUT2D eigenvalue weighted by atomic mass is 10.3. The lowest BCUT2D eigenvalue weighted by molar-refractivity contribution is 1.06. The van der Waals surface area contributed by atoms with Gasteiger partial charge in [-0.3, -0.25) is 4.57 Å². The molecule has 5 heteroatoms. The number of nitrogens with zero attached hydrogens (tertiary/aromatic N) is 2. The smallest absolute Gasteiger partial charge is 0.212 e. The third kappa shape index (κ3) is 2.64. The van der Waals surface area contributed by atoms with Gasteiger partial charge in [0.2, 0.25) is 5.95 Å². The maximum atomic E-state index is 6.06. The highest BCUT2D eigenvalue weighted by Crippen LogP contribution is 2.26. The largest absolute Gasteiger partial charge is 0.325 e. The van der Waals surface area contributed by atoms with E-state index in [1.165, 1.54) is 0 Å². The summed E-state index contributed by atoms with van der Waals surface area (Å²) in [5, 5.41) is 4.31. The van der Waals surface area contributed by atoms with Gasteiger partial charge in [0.25, 0.3) is 0 Å². The van der Waals surface area contributed by atoms with Gasteiger partial charge in [-0.05, 0) is 30.3 Å². The highest BCUT2D eigenvalue weighted by molar-refractivity contribution is 6.42. The SMILES string of the molecule is Clc1ccc(-n2ccnc2Nc2ccccc2)cc1Cl. The standard InChI is InChI=1S/C15H11Cl2N3/c16-13-7-6-12(10-14(13)17)20-9-8-18-15(20)19-11-4-2-1-3-5-11/h1-10H,(H,18,19). The Morgan fingerprint density at radius 3 is 2.50 bits per heavy atom. The molecule has 0 saturated carbocycles. The summed E-state index contributed by atoms with van der Waals surface area (Å²) in [5.41, 5.74) is 1.87. The highest BCUT2D eigenvalue weighted by atomic mass is 35.5. The van der Waals surface area contributed by atoms with Gasteiger partial charge in [-0.2, -0.15) is 0 Å². The number of hydrogen-bond donors (Lipinski definition) is 1. The minimum Gasteiger partial charge on any atom is -0.325 e. The second kappa shape index (κ2) is 5.57. The van der Waals surface area contributed by atoms with Crippen LogP contribution in [0, 0.1) is 0 Å². The van der Waals surface area contributed by atoms with Gasteiger partial charge >= 0.3 is 0 Å². The molecule has 3 nitrogen and oxygen atoms in total. The van der Waals surface area contributed by atoms with E-state index < -0.39 is 0 Å². The average Bonchev–Trinajstić information content (AvgIpc) is 2.91. The molecule has 0 unspecified atom stereocenters. The van der Waals surface area contributed by atoms with Gasteiger partial charge in [0.1, 0.15) is 0 Å². The zero-order valence-electron chi connectivity index (χ0n) is 10.4. The average molecular weight is 304 g/mol. The van der Waals surface area contributed by atoms with E-state index in [9.17, 15) is 0 Å². The molecule has 0 aliphatic heterocycles. The van der Waals surface area contributed by atoms with Crippen LogP contribution in [0.1, 0.15) is 0 Å². The Morgan fingerprint density at radius 1 is 0.950 bits per heavy atom. The Balaban J connectivity index is 1.95. The molecule has 0 fully saturated rings. The second-order valence-corrected chi connectivity index (χ2v) is 5.02. The van der Waals surface area contributed by atoms with Crippen molar-refractivity contribution >= 4 is 34.8 Å². The van der Waals surface area contributed by atoms with Crippen LogP contribution in [0.15, 0.2) is 60.9 Å². The molecule has 0 amide bonds. The summed E-state index contributed by atoms with van der Waals surface area (Å²) in [6.45, 7) is 0. The van der Waals surface area contributed by atoms with Gasteiger partial charge in [0.15, 0.2) is 0 Å². The molecular formula is C15H11Cl2N3. The molecular weight excluding hydrogens is 293 g/mol. The van der Waals surface area contributed by atoms with Crippen LogP contribution < -0.4 is 5.32 Å². The summed E-state index contributed by atoms with van der Waals surface area (Å²) in [7, 11) is 0. The van der Waals surface area contributed by atoms with Crippen molar-refractivity contribution in [1.29, 1.82) is 0 Å². The van der Waals surface area contributed by atoms with E-state index in [1.807, 2.05) is 53.2 Å². The molecule has 0 atom stereocenters. The molecule has 0 radical (unpaired) electrons. The summed E-state index contributed by atoms with van der Waals surface area (Å²) in [6, 6.07) is 15.3. The van der Waals surface area contributed by atoms with Crippen LogP contribution in [0.2, 0.25) is 10.0 Å². The Bertz CT molecular complexity index is 723. The number of anilines is 2. The van der Waals surface area contributed by atoms with E-state index in [0.29, 0.717) is 10.0 Å². The third-order valence-corrected chi connectivity index (χ3v) is 3.59. The number of nitrogens with one attached hydrogen (secondary N) is 1. The maximum absolute atomic E-state index is 6.06. The lowest BCUT2D eigenvalue weighted by Gasteiger charge is -2.10. The van der Waals surface area contributed by atoms with Crippen molar-refractivity contribution in [2.45, 2.75) is 0 Å². The van der Waals surface area contributed by atoms with Gasteiger partial charge in [0, 0.05) is 18.1 Å². The summed E-state index contributed by atoms with van der Waals surface area (Å²) < 4.78 is 1.91. The number of halogens is 2. The summed E-state index contributed by atoms with van der Waals surface area (Å²) in [5.74, 6) is 0.717. The minimum absolute atomic E-state index is 0.517.